The van der Waals surface area contributed by atoms with Crippen molar-refractivity contribution in [3.8, 4) is 0 Å². The second-order valence-electron chi connectivity index (χ2n) is 4.74. The number of piperidine rings is 1. The van der Waals surface area contributed by atoms with Crippen molar-refractivity contribution < 1.29 is 8.42 Å². The molecule has 2 rings (SSSR count). The Kier molecular flexibility index (Phi) is 4.29. The SMILES string of the molecule is CC1CCCN(S(=O)(=O)c2cnn(CCCl)c2)C1. The first kappa shape index (κ1) is 13.8. The fourth-order valence-corrected chi connectivity index (χ4v) is 3.93. The van der Waals surface area contributed by atoms with Crippen molar-refractivity contribution in [2.24, 2.45) is 5.92 Å². The number of nitrogens with zero attached hydrogens (tertiary/aromatic N) is 3. The van der Waals surface area contributed by atoms with Crippen molar-refractivity contribution in [1.29, 1.82) is 0 Å². The van der Waals surface area contributed by atoms with Gasteiger partial charge in [-0.1, -0.05) is 6.92 Å². The van der Waals surface area contributed by atoms with Gasteiger partial charge < -0.3 is 0 Å². The largest absolute Gasteiger partial charge is 0.270 e. The Hall–Kier alpha value is -0.590. The second kappa shape index (κ2) is 5.59. The summed E-state index contributed by atoms with van der Waals surface area (Å²) in [5.74, 6) is 0.841. The number of rotatable bonds is 4. The maximum atomic E-state index is 12.4. The molecule has 102 valence electrons. The van der Waals surface area contributed by atoms with E-state index in [0.29, 0.717) is 31.4 Å². The number of hydrogen-bond acceptors (Lipinski definition) is 3. The minimum atomic E-state index is -3.39. The van der Waals surface area contributed by atoms with Gasteiger partial charge in [0.25, 0.3) is 0 Å². The van der Waals surface area contributed by atoms with Crippen LogP contribution in [0.5, 0.6) is 0 Å². The highest BCUT2D eigenvalue weighted by Gasteiger charge is 2.29. The number of alkyl halides is 1. The lowest BCUT2D eigenvalue weighted by Gasteiger charge is -2.29. The molecule has 1 aliphatic rings. The molecule has 2 heterocycles. The van der Waals surface area contributed by atoms with Crippen LogP contribution in [0.1, 0.15) is 19.8 Å². The first-order valence-electron chi connectivity index (χ1n) is 6.12. The van der Waals surface area contributed by atoms with E-state index >= 15 is 0 Å². The third kappa shape index (κ3) is 2.87. The lowest BCUT2D eigenvalue weighted by atomic mass is 10.0. The first-order valence-corrected chi connectivity index (χ1v) is 8.10. The molecular formula is C11H18ClN3O2S. The van der Waals surface area contributed by atoms with Gasteiger partial charge in [-0.15, -0.1) is 11.6 Å². The molecule has 0 amide bonds. The van der Waals surface area contributed by atoms with E-state index in [4.69, 9.17) is 11.6 Å². The van der Waals surface area contributed by atoms with Crippen LogP contribution in [0.25, 0.3) is 0 Å². The van der Waals surface area contributed by atoms with Crippen LogP contribution in [0.15, 0.2) is 17.3 Å². The van der Waals surface area contributed by atoms with E-state index in [1.165, 1.54) is 6.20 Å². The Morgan fingerprint density at radius 3 is 3.00 bits per heavy atom. The number of aromatic nitrogens is 2. The quantitative estimate of drug-likeness (QED) is 0.791. The molecule has 0 radical (unpaired) electrons. The molecule has 1 saturated heterocycles. The van der Waals surface area contributed by atoms with Gasteiger partial charge in [-0.05, 0) is 18.8 Å². The second-order valence-corrected chi connectivity index (χ2v) is 7.05. The van der Waals surface area contributed by atoms with E-state index in [1.807, 2.05) is 0 Å². The van der Waals surface area contributed by atoms with Crippen LogP contribution in [-0.4, -0.2) is 41.5 Å². The summed E-state index contributed by atoms with van der Waals surface area (Å²) < 4.78 is 27.9. The summed E-state index contributed by atoms with van der Waals surface area (Å²) in [4.78, 5) is 0.265. The van der Waals surface area contributed by atoms with Crippen molar-refractivity contribution in [3.63, 3.8) is 0 Å². The smallest absolute Gasteiger partial charge is 0.246 e. The predicted molar refractivity (Wildman–Crippen MR) is 70.1 cm³/mol. The standard InChI is InChI=1S/C11H18ClN3O2S/c1-10-3-2-5-15(8-10)18(16,17)11-7-13-14(9-11)6-4-12/h7,9-10H,2-6,8H2,1H3. The van der Waals surface area contributed by atoms with E-state index in [-0.39, 0.29) is 4.90 Å². The molecule has 7 heteroatoms. The Morgan fingerprint density at radius 1 is 1.56 bits per heavy atom. The van der Waals surface area contributed by atoms with Crippen molar-refractivity contribution >= 4 is 21.6 Å². The van der Waals surface area contributed by atoms with E-state index in [9.17, 15) is 8.42 Å². The van der Waals surface area contributed by atoms with Gasteiger partial charge in [0, 0.05) is 25.2 Å². The summed E-state index contributed by atoms with van der Waals surface area (Å²) in [6.45, 7) is 3.81. The van der Waals surface area contributed by atoms with Crippen molar-refractivity contribution in [2.75, 3.05) is 19.0 Å². The van der Waals surface area contributed by atoms with E-state index in [1.54, 1.807) is 15.2 Å². The Morgan fingerprint density at radius 2 is 2.33 bits per heavy atom. The molecule has 5 nitrogen and oxygen atoms in total. The molecule has 1 aromatic rings. The summed E-state index contributed by atoms with van der Waals surface area (Å²) in [6.07, 6.45) is 4.98. The zero-order chi connectivity index (χ0) is 13.2. The van der Waals surface area contributed by atoms with Crippen LogP contribution in [0.3, 0.4) is 0 Å². The van der Waals surface area contributed by atoms with Crippen LogP contribution in [0.4, 0.5) is 0 Å². The molecule has 1 unspecified atom stereocenters. The van der Waals surface area contributed by atoms with Gasteiger partial charge in [-0.2, -0.15) is 9.40 Å². The molecule has 18 heavy (non-hydrogen) atoms. The minimum absolute atomic E-state index is 0.265. The average Bonchev–Trinajstić information content (AvgIpc) is 2.79. The highest BCUT2D eigenvalue weighted by atomic mass is 35.5. The molecule has 0 aromatic carbocycles. The van der Waals surface area contributed by atoms with Gasteiger partial charge >= 0.3 is 0 Å². The van der Waals surface area contributed by atoms with E-state index < -0.39 is 10.0 Å². The van der Waals surface area contributed by atoms with E-state index in [0.717, 1.165) is 12.8 Å². The van der Waals surface area contributed by atoms with Crippen molar-refractivity contribution in [3.05, 3.63) is 12.4 Å². The van der Waals surface area contributed by atoms with Crippen molar-refractivity contribution in [1.82, 2.24) is 14.1 Å². The third-order valence-electron chi connectivity index (χ3n) is 3.18. The average molecular weight is 292 g/mol. The summed E-state index contributed by atoms with van der Waals surface area (Å²) >= 11 is 5.61. The predicted octanol–water partition coefficient (Wildman–Crippen LogP) is 1.54. The van der Waals surface area contributed by atoms with Crippen LogP contribution in [0.2, 0.25) is 0 Å². The third-order valence-corrected chi connectivity index (χ3v) is 5.17. The highest BCUT2D eigenvalue weighted by molar-refractivity contribution is 7.89. The van der Waals surface area contributed by atoms with Crippen LogP contribution in [-0.2, 0) is 16.6 Å². The van der Waals surface area contributed by atoms with E-state index in [2.05, 4.69) is 12.0 Å². The molecule has 0 bridgehead atoms. The Bertz CT molecular complexity index is 500. The summed E-state index contributed by atoms with van der Waals surface area (Å²) in [5.41, 5.74) is 0. The molecule has 1 atom stereocenters. The molecule has 1 fully saturated rings. The van der Waals surface area contributed by atoms with Gasteiger partial charge in [0.15, 0.2) is 0 Å². The fourth-order valence-electron chi connectivity index (χ4n) is 2.20. The minimum Gasteiger partial charge on any atom is -0.270 e. The number of aryl methyl sites for hydroxylation is 1. The Balaban J connectivity index is 2.18. The highest BCUT2D eigenvalue weighted by Crippen LogP contribution is 2.22. The van der Waals surface area contributed by atoms with Gasteiger partial charge in [-0.25, -0.2) is 8.42 Å². The van der Waals surface area contributed by atoms with Gasteiger partial charge in [0.05, 0.1) is 12.7 Å². The maximum Gasteiger partial charge on any atom is 0.246 e. The van der Waals surface area contributed by atoms with Crippen LogP contribution >= 0.6 is 11.6 Å². The number of sulfonamides is 1. The first-order chi connectivity index (χ1) is 8.54. The molecular weight excluding hydrogens is 274 g/mol. The molecule has 1 aromatic heterocycles. The van der Waals surface area contributed by atoms with Crippen LogP contribution in [0, 0.1) is 5.92 Å². The maximum absolute atomic E-state index is 12.4. The molecule has 0 N–H and O–H groups in total. The monoisotopic (exact) mass is 291 g/mol. The number of hydrogen-bond donors (Lipinski definition) is 0. The summed E-state index contributed by atoms with van der Waals surface area (Å²) in [7, 11) is -3.39. The Labute approximate surface area is 113 Å². The zero-order valence-corrected chi connectivity index (χ0v) is 12.0. The van der Waals surface area contributed by atoms with Crippen molar-refractivity contribution in [2.45, 2.75) is 31.2 Å². The van der Waals surface area contributed by atoms with Gasteiger partial charge in [0.1, 0.15) is 4.90 Å². The molecule has 0 spiro atoms. The lowest BCUT2D eigenvalue weighted by molar-refractivity contribution is 0.281. The van der Waals surface area contributed by atoms with Gasteiger partial charge in [-0.3, -0.25) is 4.68 Å². The summed E-state index contributed by atoms with van der Waals surface area (Å²) in [6, 6.07) is 0. The van der Waals surface area contributed by atoms with Crippen LogP contribution < -0.4 is 0 Å². The fraction of sp³-hybridized carbons (Fsp3) is 0.727. The molecule has 1 aliphatic heterocycles. The molecule has 0 aliphatic carbocycles. The summed E-state index contributed by atoms with van der Waals surface area (Å²) in [5, 5.41) is 4.01. The number of halogens is 1. The molecule has 0 saturated carbocycles. The lowest BCUT2D eigenvalue weighted by Crippen LogP contribution is -2.38. The zero-order valence-electron chi connectivity index (χ0n) is 10.4. The topological polar surface area (TPSA) is 55.2 Å². The van der Waals surface area contributed by atoms with Gasteiger partial charge in [0.2, 0.25) is 10.0 Å². The normalized spacial score (nSPS) is 22.2.